The van der Waals surface area contributed by atoms with E-state index < -0.39 is 36.7 Å². The zero-order valence-electron chi connectivity index (χ0n) is 8.11. The van der Waals surface area contributed by atoms with Gasteiger partial charge in [-0.2, -0.15) is 0 Å². The van der Waals surface area contributed by atoms with Gasteiger partial charge in [0.2, 0.25) is 0 Å². The summed E-state index contributed by atoms with van der Waals surface area (Å²) in [7, 11) is 0. The average Bonchev–Trinajstić information content (AvgIpc) is 2.45. The molecule has 0 aromatic carbocycles. The molecule has 0 radical (unpaired) electrons. The van der Waals surface area contributed by atoms with Crippen molar-refractivity contribution in [3.8, 4) is 0 Å². The number of aliphatic hydroxyl groups excluding tert-OH is 3. The van der Waals surface area contributed by atoms with E-state index in [-0.39, 0.29) is 6.61 Å². The van der Waals surface area contributed by atoms with E-state index in [0.29, 0.717) is 0 Å². The molecule has 15 heavy (non-hydrogen) atoms. The van der Waals surface area contributed by atoms with Gasteiger partial charge in [0.15, 0.2) is 12.4 Å². The maximum absolute atomic E-state index is 10.4. The quantitative estimate of drug-likeness (QED) is 0.431. The molecule has 0 aromatic heterocycles. The summed E-state index contributed by atoms with van der Waals surface area (Å²) in [5.41, 5.74) is 0. The molecule has 0 aliphatic carbocycles. The number of carboxylic acids is 1. The second-order valence-corrected chi connectivity index (χ2v) is 3.19. The van der Waals surface area contributed by atoms with Crippen LogP contribution in [-0.2, 0) is 14.3 Å². The second kappa shape index (κ2) is 4.86. The third kappa shape index (κ3) is 2.44. The van der Waals surface area contributed by atoms with Gasteiger partial charge in [0.1, 0.15) is 18.3 Å². The minimum Gasteiger partial charge on any atom is -0.479 e. The summed E-state index contributed by atoms with van der Waals surface area (Å²) in [6, 6.07) is 0. The maximum Gasteiger partial charge on any atom is 0.335 e. The van der Waals surface area contributed by atoms with Crippen molar-refractivity contribution in [2.75, 3.05) is 6.61 Å². The maximum atomic E-state index is 10.4. The van der Waals surface area contributed by atoms with Crippen molar-refractivity contribution < 1.29 is 34.7 Å². The van der Waals surface area contributed by atoms with E-state index in [2.05, 4.69) is 0 Å². The van der Waals surface area contributed by atoms with Gasteiger partial charge >= 0.3 is 5.97 Å². The van der Waals surface area contributed by atoms with Crippen molar-refractivity contribution in [2.24, 2.45) is 0 Å². The van der Waals surface area contributed by atoms with Gasteiger partial charge in [-0.3, -0.25) is 0 Å². The standard InChI is InChI=1S/C8H14O7/c1-2-14-8-4(10)3(9)6(15-8)5(11)7(12)13/h3-6,8-11H,2H2,1H3,(H,12,13)/t3-,4-,5+,6-,8+/m1/s1. The predicted molar refractivity (Wildman–Crippen MR) is 45.9 cm³/mol. The van der Waals surface area contributed by atoms with E-state index in [1.165, 1.54) is 0 Å². The Kier molecular flexibility index (Phi) is 4.00. The van der Waals surface area contributed by atoms with E-state index in [1.807, 2.05) is 0 Å². The summed E-state index contributed by atoms with van der Waals surface area (Å²) in [6.45, 7) is 1.90. The fourth-order valence-corrected chi connectivity index (χ4v) is 1.38. The highest BCUT2D eigenvalue weighted by Crippen LogP contribution is 2.24. The Morgan fingerprint density at radius 2 is 2.07 bits per heavy atom. The molecule has 5 atom stereocenters. The molecule has 1 aliphatic heterocycles. The molecule has 0 saturated carbocycles. The van der Waals surface area contributed by atoms with Crippen LogP contribution in [0.2, 0.25) is 0 Å². The molecule has 1 saturated heterocycles. The number of aliphatic hydroxyl groups is 3. The summed E-state index contributed by atoms with van der Waals surface area (Å²) in [4.78, 5) is 10.4. The zero-order valence-corrected chi connectivity index (χ0v) is 8.11. The molecular formula is C8H14O7. The predicted octanol–water partition coefficient (Wildman–Crippen LogP) is -2.08. The van der Waals surface area contributed by atoms with Crippen molar-refractivity contribution >= 4 is 5.97 Å². The van der Waals surface area contributed by atoms with Gasteiger partial charge in [-0.25, -0.2) is 4.79 Å². The highest BCUT2D eigenvalue weighted by atomic mass is 16.7. The van der Waals surface area contributed by atoms with E-state index >= 15 is 0 Å². The lowest BCUT2D eigenvalue weighted by Gasteiger charge is -2.16. The first-order chi connectivity index (χ1) is 6.99. The van der Waals surface area contributed by atoms with Crippen LogP contribution in [0.4, 0.5) is 0 Å². The molecule has 0 unspecified atom stereocenters. The molecule has 7 nitrogen and oxygen atoms in total. The topological polar surface area (TPSA) is 116 Å². The van der Waals surface area contributed by atoms with Gasteiger partial charge in [-0.05, 0) is 6.92 Å². The largest absolute Gasteiger partial charge is 0.479 e. The Labute approximate surface area is 85.9 Å². The molecule has 1 heterocycles. The fraction of sp³-hybridized carbons (Fsp3) is 0.875. The molecule has 1 fully saturated rings. The van der Waals surface area contributed by atoms with Crippen LogP contribution < -0.4 is 0 Å². The van der Waals surface area contributed by atoms with Gasteiger partial charge in [-0.1, -0.05) is 0 Å². The van der Waals surface area contributed by atoms with E-state index in [9.17, 15) is 15.0 Å². The third-order valence-corrected chi connectivity index (χ3v) is 2.15. The van der Waals surface area contributed by atoms with Crippen molar-refractivity contribution in [3.05, 3.63) is 0 Å². The monoisotopic (exact) mass is 222 g/mol. The van der Waals surface area contributed by atoms with Gasteiger partial charge in [0.25, 0.3) is 0 Å². The lowest BCUT2D eigenvalue weighted by Crippen LogP contribution is -2.42. The Morgan fingerprint density at radius 1 is 1.47 bits per heavy atom. The van der Waals surface area contributed by atoms with Crippen LogP contribution >= 0.6 is 0 Å². The Balaban J connectivity index is 2.66. The van der Waals surface area contributed by atoms with Gasteiger partial charge in [0.05, 0.1) is 0 Å². The van der Waals surface area contributed by atoms with Crippen LogP contribution in [0, 0.1) is 0 Å². The molecule has 0 spiro atoms. The second-order valence-electron chi connectivity index (χ2n) is 3.19. The van der Waals surface area contributed by atoms with Crippen LogP contribution in [0.1, 0.15) is 6.92 Å². The van der Waals surface area contributed by atoms with Crippen molar-refractivity contribution in [3.63, 3.8) is 0 Å². The SMILES string of the molecule is CCO[C@H]1O[C@@H]([C@H](O)C(=O)O)[C@H](O)[C@H]1O. The number of ether oxygens (including phenoxy) is 2. The van der Waals surface area contributed by atoms with Gasteiger partial charge < -0.3 is 29.9 Å². The van der Waals surface area contributed by atoms with Crippen LogP contribution in [0.5, 0.6) is 0 Å². The molecule has 1 rings (SSSR count). The van der Waals surface area contributed by atoms with E-state index in [0.717, 1.165) is 0 Å². The van der Waals surface area contributed by atoms with E-state index in [1.54, 1.807) is 6.92 Å². The van der Waals surface area contributed by atoms with Gasteiger partial charge in [0, 0.05) is 6.61 Å². The first-order valence-electron chi connectivity index (χ1n) is 4.53. The molecule has 7 heteroatoms. The third-order valence-electron chi connectivity index (χ3n) is 2.15. The summed E-state index contributed by atoms with van der Waals surface area (Å²) >= 11 is 0. The lowest BCUT2D eigenvalue weighted by molar-refractivity contribution is -0.184. The zero-order chi connectivity index (χ0) is 11.6. The number of hydrogen-bond acceptors (Lipinski definition) is 6. The molecule has 0 bridgehead atoms. The summed E-state index contributed by atoms with van der Waals surface area (Å²) in [5.74, 6) is -1.52. The fourth-order valence-electron chi connectivity index (χ4n) is 1.38. The van der Waals surface area contributed by atoms with Crippen LogP contribution in [0.25, 0.3) is 0 Å². The molecule has 0 amide bonds. The number of hydrogen-bond donors (Lipinski definition) is 4. The Hall–Kier alpha value is -0.730. The van der Waals surface area contributed by atoms with Crippen LogP contribution in [0.3, 0.4) is 0 Å². The number of carbonyl (C=O) groups is 1. The first kappa shape index (κ1) is 12.3. The van der Waals surface area contributed by atoms with E-state index in [4.69, 9.17) is 19.7 Å². The number of aliphatic carboxylic acids is 1. The van der Waals surface area contributed by atoms with Crippen molar-refractivity contribution in [2.45, 2.75) is 37.6 Å². The van der Waals surface area contributed by atoms with Crippen LogP contribution in [-0.4, -0.2) is 63.7 Å². The minimum atomic E-state index is -1.89. The average molecular weight is 222 g/mol. The van der Waals surface area contributed by atoms with Crippen molar-refractivity contribution in [1.82, 2.24) is 0 Å². The molecule has 88 valence electrons. The smallest absolute Gasteiger partial charge is 0.335 e. The Bertz CT molecular complexity index is 231. The molecule has 1 aliphatic rings. The molecule has 0 aromatic rings. The molecule has 4 N–H and O–H groups in total. The first-order valence-corrected chi connectivity index (χ1v) is 4.53. The van der Waals surface area contributed by atoms with Gasteiger partial charge in [-0.15, -0.1) is 0 Å². The van der Waals surface area contributed by atoms with Crippen LogP contribution in [0.15, 0.2) is 0 Å². The number of rotatable bonds is 4. The summed E-state index contributed by atoms with van der Waals surface area (Å²) in [6.07, 6.45) is -7.21. The molecular weight excluding hydrogens is 208 g/mol. The Morgan fingerprint density at radius 3 is 2.53 bits per heavy atom. The normalized spacial score (nSPS) is 37.9. The number of carboxylic acid groups (broad SMARTS) is 1. The van der Waals surface area contributed by atoms with Crippen molar-refractivity contribution in [1.29, 1.82) is 0 Å². The lowest BCUT2D eigenvalue weighted by atomic mass is 10.1. The summed E-state index contributed by atoms with van der Waals surface area (Å²) < 4.78 is 9.81. The highest BCUT2D eigenvalue weighted by molar-refractivity contribution is 5.72. The highest BCUT2D eigenvalue weighted by Gasteiger charge is 2.48. The minimum absolute atomic E-state index is 0.240. The summed E-state index contributed by atoms with van der Waals surface area (Å²) in [5, 5.41) is 36.4.